The van der Waals surface area contributed by atoms with Crippen LogP contribution >= 0.6 is 0 Å². The molecule has 0 bridgehead atoms. The molecule has 1 aliphatic heterocycles. The molecule has 0 spiro atoms. The van der Waals surface area contributed by atoms with Gasteiger partial charge >= 0.3 is 6.18 Å². The molecular formula is C18H21F3N4O4S. The third-order valence-electron chi connectivity index (χ3n) is 4.26. The topological polar surface area (TPSA) is 93.6 Å². The summed E-state index contributed by atoms with van der Waals surface area (Å²) in [6.07, 6.45) is -4.78. The van der Waals surface area contributed by atoms with Crippen LogP contribution < -0.4 is 14.4 Å². The minimum Gasteiger partial charge on any atom is -0.476 e. The van der Waals surface area contributed by atoms with Crippen molar-refractivity contribution in [3.05, 3.63) is 41.7 Å². The number of alkyl halides is 3. The lowest BCUT2D eigenvalue weighted by molar-refractivity contribution is -0.139. The lowest BCUT2D eigenvalue weighted by Gasteiger charge is -2.28. The summed E-state index contributed by atoms with van der Waals surface area (Å²) >= 11 is 0. The van der Waals surface area contributed by atoms with Crippen molar-refractivity contribution in [3.8, 4) is 5.88 Å². The maximum Gasteiger partial charge on any atom is 0.417 e. The Morgan fingerprint density at radius 3 is 2.60 bits per heavy atom. The fraction of sp³-hybridized carbons (Fsp3) is 0.444. The number of aromatic nitrogens is 2. The van der Waals surface area contributed by atoms with E-state index in [1.165, 1.54) is 6.07 Å². The van der Waals surface area contributed by atoms with E-state index < -0.39 is 26.7 Å². The maximum atomic E-state index is 13.1. The predicted molar refractivity (Wildman–Crippen MR) is 102 cm³/mol. The lowest BCUT2D eigenvalue weighted by atomic mass is 10.2. The van der Waals surface area contributed by atoms with Gasteiger partial charge in [0, 0.05) is 25.7 Å². The number of anilines is 1. The van der Waals surface area contributed by atoms with Crippen LogP contribution in [0.5, 0.6) is 5.88 Å². The Labute approximate surface area is 172 Å². The SMILES string of the molecule is Cc1nc(OCCNS(=O)(=O)c2ccccc2C(F)(F)F)cc(N2CCOCC2)n1. The molecule has 0 atom stereocenters. The minimum atomic E-state index is -4.78. The molecule has 2 aromatic rings. The Morgan fingerprint density at radius 2 is 1.90 bits per heavy atom. The third-order valence-corrected chi connectivity index (χ3v) is 5.78. The number of benzene rings is 1. The zero-order valence-electron chi connectivity index (χ0n) is 16.1. The van der Waals surface area contributed by atoms with Crippen LogP contribution in [0.1, 0.15) is 11.4 Å². The summed E-state index contributed by atoms with van der Waals surface area (Å²) in [4.78, 5) is 9.70. The molecular weight excluding hydrogens is 425 g/mol. The molecule has 30 heavy (non-hydrogen) atoms. The summed E-state index contributed by atoms with van der Waals surface area (Å²) in [6.45, 7) is 3.87. The van der Waals surface area contributed by atoms with Gasteiger partial charge in [-0.05, 0) is 19.1 Å². The summed E-state index contributed by atoms with van der Waals surface area (Å²) < 4.78 is 76.8. The van der Waals surface area contributed by atoms with E-state index in [0.29, 0.717) is 37.9 Å². The van der Waals surface area contributed by atoms with Crippen molar-refractivity contribution >= 4 is 15.8 Å². The highest BCUT2D eigenvalue weighted by molar-refractivity contribution is 7.89. The van der Waals surface area contributed by atoms with Gasteiger partial charge in [0.25, 0.3) is 0 Å². The number of morpholine rings is 1. The molecule has 0 saturated carbocycles. The smallest absolute Gasteiger partial charge is 0.417 e. The normalized spacial score (nSPS) is 15.3. The number of hydrogen-bond donors (Lipinski definition) is 1. The van der Waals surface area contributed by atoms with E-state index in [0.717, 1.165) is 18.2 Å². The Morgan fingerprint density at radius 1 is 1.20 bits per heavy atom. The summed E-state index contributed by atoms with van der Waals surface area (Å²) in [6, 6.07) is 5.63. The van der Waals surface area contributed by atoms with Gasteiger partial charge in [0.1, 0.15) is 18.2 Å². The highest BCUT2D eigenvalue weighted by atomic mass is 32.2. The van der Waals surface area contributed by atoms with Gasteiger partial charge in [0.05, 0.1) is 23.7 Å². The number of halogens is 3. The highest BCUT2D eigenvalue weighted by Gasteiger charge is 2.36. The molecule has 8 nitrogen and oxygen atoms in total. The Balaban J connectivity index is 1.62. The van der Waals surface area contributed by atoms with E-state index in [-0.39, 0.29) is 19.0 Å². The molecule has 1 aromatic carbocycles. The number of aryl methyl sites for hydroxylation is 1. The molecule has 0 amide bonds. The fourth-order valence-electron chi connectivity index (χ4n) is 2.90. The molecule has 2 heterocycles. The Hall–Kier alpha value is -2.44. The molecule has 1 aliphatic rings. The molecule has 0 aliphatic carbocycles. The quantitative estimate of drug-likeness (QED) is 0.650. The van der Waals surface area contributed by atoms with E-state index in [1.54, 1.807) is 13.0 Å². The van der Waals surface area contributed by atoms with Crippen molar-refractivity contribution in [1.82, 2.24) is 14.7 Å². The zero-order chi connectivity index (χ0) is 21.8. The van der Waals surface area contributed by atoms with Gasteiger partial charge in [-0.2, -0.15) is 18.2 Å². The number of hydrogen-bond acceptors (Lipinski definition) is 7. The van der Waals surface area contributed by atoms with Crippen LogP contribution in [0, 0.1) is 6.92 Å². The van der Waals surface area contributed by atoms with Crippen LogP contribution in [0.3, 0.4) is 0 Å². The fourth-order valence-corrected chi connectivity index (χ4v) is 4.14. The molecule has 1 saturated heterocycles. The summed E-state index contributed by atoms with van der Waals surface area (Å²) in [7, 11) is -4.37. The predicted octanol–water partition coefficient (Wildman–Crippen LogP) is 2.00. The van der Waals surface area contributed by atoms with E-state index in [2.05, 4.69) is 14.7 Å². The summed E-state index contributed by atoms with van der Waals surface area (Å²) in [5, 5.41) is 0. The second kappa shape index (κ2) is 9.14. The largest absolute Gasteiger partial charge is 0.476 e. The average molecular weight is 446 g/mol. The van der Waals surface area contributed by atoms with E-state index in [9.17, 15) is 21.6 Å². The number of nitrogens with one attached hydrogen (secondary N) is 1. The average Bonchev–Trinajstić information content (AvgIpc) is 2.71. The monoisotopic (exact) mass is 446 g/mol. The first kappa shape index (κ1) is 22.2. The minimum absolute atomic E-state index is 0.119. The Bertz CT molecular complexity index is 980. The van der Waals surface area contributed by atoms with Gasteiger partial charge in [-0.1, -0.05) is 12.1 Å². The second-order valence-electron chi connectivity index (χ2n) is 6.45. The van der Waals surface area contributed by atoms with Crippen molar-refractivity contribution in [2.24, 2.45) is 0 Å². The van der Waals surface area contributed by atoms with Gasteiger partial charge in [-0.3, -0.25) is 0 Å². The number of sulfonamides is 1. The van der Waals surface area contributed by atoms with Gasteiger partial charge in [0.2, 0.25) is 15.9 Å². The first-order valence-corrected chi connectivity index (χ1v) is 10.6. The third kappa shape index (κ3) is 5.58. The van der Waals surface area contributed by atoms with Gasteiger partial charge < -0.3 is 14.4 Å². The highest BCUT2D eigenvalue weighted by Crippen LogP contribution is 2.33. The van der Waals surface area contributed by atoms with Crippen molar-refractivity contribution in [2.45, 2.75) is 18.0 Å². The van der Waals surface area contributed by atoms with E-state index in [1.807, 2.05) is 4.90 Å². The maximum absolute atomic E-state index is 13.1. The standard InChI is InChI=1S/C18H21F3N4O4S/c1-13-23-16(25-7-10-28-11-8-25)12-17(24-13)29-9-6-22-30(26,27)15-5-3-2-4-14(15)18(19,20)21/h2-5,12,22H,6-11H2,1H3. The van der Waals surface area contributed by atoms with Crippen molar-refractivity contribution in [2.75, 3.05) is 44.4 Å². The summed E-state index contributed by atoms with van der Waals surface area (Å²) in [5.41, 5.74) is -1.22. The van der Waals surface area contributed by atoms with Crippen LogP contribution in [0.2, 0.25) is 0 Å². The first-order chi connectivity index (χ1) is 14.2. The molecule has 164 valence electrons. The van der Waals surface area contributed by atoms with Gasteiger partial charge in [-0.25, -0.2) is 18.1 Å². The van der Waals surface area contributed by atoms with E-state index in [4.69, 9.17) is 9.47 Å². The second-order valence-corrected chi connectivity index (χ2v) is 8.19. The van der Waals surface area contributed by atoms with Crippen molar-refractivity contribution < 1.29 is 31.1 Å². The lowest BCUT2D eigenvalue weighted by Crippen LogP contribution is -2.37. The van der Waals surface area contributed by atoms with Crippen molar-refractivity contribution in [1.29, 1.82) is 0 Å². The molecule has 3 rings (SSSR count). The zero-order valence-corrected chi connectivity index (χ0v) is 17.0. The molecule has 1 aromatic heterocycles. The van der Waals surface area contributed by atoms with Gasteiger partial charge in [0.15, 0.2) is 0 Å². The Kier molecular flexibility index (Phi) is 6.78. The summed E-state index contributed by atoms with van der Waals surface area (Å²) in [5.74, 6) is 1.40. The van der Waals surface area contributed by atoms with Crippen molar-refractivity contribution in [3.63, 3.8) is 0 Å². The van der Waals surface area contributed by atoms with E-state index >= 15 is 0 Å². The van der Waals surface area contributed by atoms with Crippen LogP contribution in [0.4, 0.5) is 19.0 Å². The van der Waals surface area contributed by atoms with Crippen LogP contribution in [0.15, 0.2) is 35.2 Å². The van der Waals surface area contributed by atoms with Crippen LogP contribution in [-0.2, 0) is 20.9 Å². The van der Waals surface area contributed by atoms with Gasteiger partial charge in [-0.15, -0.1) is 0 Å². The number of ether oxygens (including phenoxy) is 2. The van der Waals surface area contributed by atoms with Crippen LogP contribution in [0.25, 0.3) is 0 Å². The number of nitrogens with zero attached hydrogens (tertiary/aromatic N) is 3. The molecule has 0 radical (unpaired) electrons. The molecule has 1 N–H and O–H groups in total. The molecule has 1 fully saturated rings. The first-order valence-electron chi connectivity index (χ1n) is 9.14. The molecule has 0 unspecified atom stereocenters. The number of rotatable bonds is 7. The van der Waals surface area contributed by atoms with Crippen LogP contribution in [-0.4, -0.2) is 57.8 Å². The molecule has 12 heteroatoms.